The van der Waals surface area contributed by atoms with Crippen LogP contribution in [0.2, 0.25) is 0 Å². The Morgan fingerprint density at radius 1 is 1.16 bits per heavy atom. The maximum atomic E-state index is 13.0. The number of aliphatic hydroxyl groups excluding tert-OH is 1. The van der Waals surface area contributed by atoms with Crippen molar-refractivity contribution in [2.45, 2.75) is 24.7 Å². The molecule has 0 bridgehead atoms. The van der Waals surface area contributed by atoms with Gasteiger partial charge in [-0.2, -0.15) is 0 Å². The van der Waals surface area contributed by atoms with E-state index in [1.54, 1.807) is 19.2 Å². The fraction of sp³-hybridized carbons (Fsp3) is 0.440. The minimum Gasteiger partial charge on any atom is -0.491 e. The molecule has 0 unspecified atom stereocenters. The maximum absolute atomic E-state index is 13.0. The molecule has 170 valence electrons. The normalized spacial score (nSPS) is 20.3. The number of benzene rings is 2. The van der Waals surface area contributed by atoms with Crippen LogP contribution in [0.3, 0.4) is 0 Å². The molecule has 2 heterocycles. The van der Waals surface area contributed by atoms with E-state index in [0.29, 0.717) is 34.9 Å². The molecule has 0 aromatic heterocycles. The number of nitrogens with one attached hydrogen (secondary N) is 3. The number of fused-ring (bicyclic) bond motifs is 1. The summed E-state index contributed by atoms with van der Waals surface area (Å²) in [6, 6.07) is 12.9. The molecule has 2 aliphatic heterocycles. The van der Waals surface area contributed by atoms with Gasteiger partial charge in [-0.05, 0) is 56.0 Å². The fourth-order valence-electron chi connectivity index (χ4n) is 4.73. The molecule has 2 aromatic rings. The van der Waals surface area contributed by atoms with Crippen molar-refractivity contribution in [1.29, 1.82) is 0 Å². The van der Waals surface area contributed by atoms with E-state index in [0.717, 1.165) is 37.9 Å². The Balaban J connectivity index is 1.64. The summed E-state index contributed by atoms with van der Waals surface area (Å²) in [5, 5.41) is 19.4. The summed E-state index contributed by atoms with van der Waals surface area (Å²) < 4.78 is 5.95. The number of amides is 2. The van der Waals surface area contributed by atoms with Crippen molar-refractivity contribution in [2.75, 3.05) is 39.9 Å². The molecule has 0 radical (unpaired) electrons. The van der Waals surface area contributed by atoms with Gasteiger partial charge in [0.05, 0.1) is 17.6 Å². The van der Waals surface area contributed by atoms with Crippen LogP contribution in [0, 0.1) is 5.92 Å². The third-order valence-corrected chi connectivity index (χ3v) is 6.69. The van der Waals surface area contributed by atoms with Crippen molar-refractivity contribution >= 4 is 11.8 Å². The Labute approximate surface area is 188 Å². The molecular formula is C25H31N3O4. The van der Waals surface area contributed by atoms with Crippen LogP contribution in [0.25, 0.3) is 0 Å². The minimum absolute atomic E-state index is 0.196. The van der Waals surface area contributed by atoms with Crippen LogP contribution in [0.4, 0.5) is 0 Å². The molecule has 2 aromatic carbocycles. The molecule has 0 aliphatic carbocycles. The van der Waals surface area contributed by atoms with Gasteiger partial charge < -0.3 is 25.8 Å². The van der Waals surface area contributed by atoms with Crippen LogP contribution in [0.1, 0.15) is 51.1 Å². The van der Waals surface area contributed by atoms with Crippen LogP contribution >= 0.6 is 0 Å². The molecule has 4 N–H and O–H groups in total. The molecule has 7 heteroatoms. The molecule has 2 amide bonds. The van der Waals surface area contributed by atoms with Crippen LogP contribution in [-0.4, -0.2) is 56.8 Å². The quantitative estimate of drug-likeness (QED) is 0.530. The number of ether oxygens (including phenoxy) is 1. The van der Waals surface area contributed by atoms with Gasteiger partial charge in [-0.1, -0.05) is 30.3 Å². The number of aliphatic hydroxyl groups is 1. The molecular weight excluding hydrogens is 406 g/mol. The minimum atomic E-state index is -0.829. The topological polar surface area (TPSA) is 99.7 Å². The Kier molecular flexibility index (Phi) is 6.77. The van der Waals surface area contributed by atoms with Crippen molar-refractivity contribution in [3.63, 3.8) is 0 Å². The molecule has 0 spiro atoms. The van der Waals surface area contributed by atoms with E-state index >= 15 is 0 Å². The summed E-state index contributed by atoms with van der Waals surface area (Å²) in [7, 11) is 1.55. The summed E-state index contributed by atoms with van der Waals surface area (Å²) in [5.74, 6) is 0.492. The third-order valence-electron chi connectivity index (χ3n) is 6.69. The van der Waals surface area contributed by atoms with Gasteiger partial charge in [-0.3, -0.25) is 9.59 Å². The smallest absolute Gasteiger partial charge is 0.254 e. The number of hydrogen-bond acceptors (Lipinski definition) is 5. The van der Waals surface area contributed by atoms with Crippen LogP contribution < -0.4 is 20.7 Å². The van der Waals surface area contributed by atoms with Crippen molar-refractivity contribution in [3.8, 4) is 5.75 Å². The molecule has 1 atom stereocenters. The lowest BCUT2D eigenvalue weighted by atomic mass is 9.76. The zero-order chi connectivity index (χ0) is 22.6. The average Bonchev–Trinajstić information content (AvgIpc) is 3.24. The van der Waals surface area contributed by atoms with Crippen molar-refractivity contribution in [2.24, 2.45) is 5.92 Å². The first kappa shape index (κ1) is 22.3. The van der Waals surface area contributed by atoms with Gasteiger partial charge >= 0.3 is 0 Å². The van der Waals surface area contributed by atoms with E-state index in [9.17, 15) is 14.7 Å². The van der Waals surface area contributed by atoms with Crippen LogP contribution in [0.15, 0.2) is 42.5 Å². The van der Waals surface area contributed by atoms with Gasteiger partial charge in [0.1, 0.15) is 12.4 Å². The SMILES string of the molecule is CNC(=O)c1cc(C(=O)NCCC2CCNCC2)cc2c1OC[C@]2(CO)c1ccccc1. The molecule has 0 saturated carbocycles. The predicted molar refractivity (Wildman–Crippen MR) is 122 cm³/mol. The second-order valence-corrected chi connectivity index (χ2v) is 8.61. The Morgan fingerprint density at radius 2 is 1.91 bits per heavy atom. The highest BCUT2D eigenvalue weighted by molar-refractivity contribution is 6.02. The van der Waals surface area contributed by atoms with Crippen LogP contribution in [0.5, 0.6) is 5.75 Å². The van der Waals surface area contributed by atoms with Gasteiger partial charge in [0.25, 0.3) is 11.8 Å². The van der Waals surface area contributed by atoms with Gasteiger partial charge in [0, 0.05) is 24.7 Å². The standard InChI is InChI=1S/C25H31N3O4/c1-26-24(31)20-13-18(23(30)28-12-9-17-7-10-27-11-8-17)14-21-22(20)32-16-25(21,15-29)19-5-3-2-4-6-19/h2-6,13-14,17,27,29H,7-12,15-16H2,1H3,(H,26,31)(H,28,30)/t25-/m1/s1. The van der Waals surface area contributed by atoms with Crippen molar-refractivity contribution in [1.82, 2.24) is 16.0 Å². The Hall–Kier alpha value is -2.90. The van der Waals surface area contributed by atoms with E-state index in [1.807, 2.05) is 30.3 Å². The second-order valence-electron chi connectivity index (χ2n) is 8.61. The zero-order valence-electron chi connectivity index (χ0n) is 18.4. The van der Waals surface area contributed by atoms with Gasteiger partial charge in [-0.25, -0.2) is 0 Å². The van der Waals surface area contributed by atoms with Gasteiger partial charge in [0.15, 0.2) is 0 Å². The Bertz CT molecular complexity index is 973. The lowest BCUT2D eigenvalue weighted by Crippen LogP contribution is -2.34. The number of piperidine rings is 1. The summed E-state index contributed by atoms with van der Waals surface area (Å²) >= 11 is 0. The van der Waals surface area contributed by atoms with E-state index in [1.165, 1.54) is 0 Å². The summed E-state index contributed by atoms with van der Waals surface area (Å²) in [5.41, 5.74) is 1.42. The number of carbonyl (C=O) groups is 2. The third kappa shape index (κ3) is 4.23. The van der Waals surface area contributed by atoms with Gasteiger partial charge in [-0.15, -0.1) is 0 Å². The highest BCUT2D eigenvalue weighted by Crippen LogP contribution is 2.45. The van der Waals surface area contributed by atoms with Crippen molar-refractivity contribution in [3.05, 3.63) is 64.7 Å². The fourth-order valence-corrected chi connectivity index (χ4v) is 4.73. The van der Waals surface area contributed by atoms with Gasteiger partial charge in [0.2, 0.25) is 0 Å². The lowest BCUT2D eigenvalue weighted by Gasteiger charge is -2.26. The van der Waals surface area contributed by atoms with Crippen molar-refractivity contribution < 1.29 is 19.4 Å². The van der Waals surface area contributed by atoms with Crippen LogP contribution in [-0.2, 0) is 5.41 Å². The first-order chi connectivity index (χ1) is 15.6. The van der Waals surface area contributed by atoms with E-state index in [4.69, 9.17) is 4.74 Å². The first-order valence-corrected chi connectivity index (χ1v) is 11.3. The summed E-state index contributed by atoms with van der Waals surface area (Å²) in [6.07, 6.45) is 3.19. The number of hydrogen-bond donors (Lipinski definition) is 4. The second kappa shape index (κ2) is 9.71. The predicted octanol–water partition coefficient (Wildman–Crippen LogP) is 1.84. The number of carbonyl (C=O) groups excluding carboxylic acids is 2. The number of rotatable bonds is 7. The molecule has 32 heavy (non-hydrogen) atoms. The largest absolute Gasteiger partial charge is 0.491 e. The first-order valence-electron chi connectivity index (χ1n) is 11.3. The lowest BCUT2D eigenvalue weighted by molar-refractivity contribution is 0.0950. The maximum Gasteiger partial charge on any atom is 0.254 e. The van der Waals surface area contributed by atoms with E-state index in [2.05, 4.69) is 16.0 Å². The summed E-state index contributed by atoms with van der Waals surface area (Å²) in [6.45, 7) is 2.66. The van der Waals surface area contributed by atoms with E-state index in [-0.39, 0.29) is 25.0 Å². The molecule has 7 nitrogen and oxygen atoms in total. The highest BCUT2D eigenvalue weighted by Gasteiger charge is 2.44. The zero-order valence-corrected chi connectivity index (χ0v) is 18.4. The average molecular weight is 438 g/mol. The molecule has 4 rings (SSSR count). The van der Waals surface area contributed by atoms with E-state index < -0.39 is 5.41 Å². The highest BCUT2D eigenvalue weighted by atomic mass is 16.5. The monoisotopic (exact) mass is 437 g/mol. The summed E-state index contributed by atoms with van der Waals surface area (Å²) in [4.78, 5) is 25.6. The molecule has 1 saturated heterocycles. The Morgan fingerprint density at radius 3 is 2.59 bits per heavy atom. The molecule has 2 aliphatic rings. The molecule has 1 fully saturated rings.